The zero-order valence-corrected chi connectivity index (χ0v) is 13.8. The normalized spacial score (nSPS) is 16.5. The number of ether oxygens (including phenoxy) is 1. The molecule has 23 heavy (non-hydrogen) atoms. The Bertz CT molecular complexity index is 556. The van der Waals surface area contributed by atoms with Gasteiger partial charge in [-0.25, -0.2) is 4.79 Å². The Hall–Kier alpha value is -2.15. The van der Waals surface area contributed by atoms with Crippen LogP contribution < -0.4 is 10.6 Å². The Kier molecular flexibility index (Phi) is 5.92. The molecule has 2 N–H and O–H groups in total. The third-order valence-corrected chi connectivity index (χ3v) is 3.97. The second-order valence-electron chi connectivity index (χ2n) is 5.97. The molecular weight excluding hydrogens is 296 g/mol. The number of rotatable bonds is 4. The van der Waals surface area contributed by atoms with Gasteiger partial charge in [-0.1, -0.05) is 0 Å². The molecule has 3 amide bonds. The first-order chi connectivity index (χ1) is 11.0. The van der Waals surface area contributed by atoms with Crippen molar-refractivity contribution < 1.29 is 14.3 Å². The average molecular weight is 320 g/mol. The number of pyridine rings is 1. The third-order valence-electron chi connectivity index (χ3n) is 3.97. The molecule has 1 aromatic rings. The number of carbonyl (C=O) groups excluding carboxylic acids is 2. The summed E-state index contributed by atoms with van der Waals surface area (Å²) in [6, 6.07) is 3.02. The topological polar surface area (TPSA) is 83.6 Å². The Balaban J connectivity index is 1.92. The standard InChI is InChI=1S/C16H24N4O3/c1-11(12-5-8-23-9-6-12)18-16(22)19-13-4-7-17-14(10-13)15(21)20(2)3/h4,7,10-12H,5-6,8-9H2,1-3H3,(H2,17,18,19,22). The van der Waals surface area contributed by atoms with Crippen LogP contribution in [0.25, 0.3) is 0 Å². The van der Waals surface area contributed by atoms with Gasteiger partial charge in [0.1, 0.15) is 5.69 Å². The van der Waals surface area contributed by atoms with Crippen LogP contribution in [0.2, 0.25) is 0 Å². The largest absolute Gasteiger partial charge is 0.381 e. The Morgan fingerprint density at radius 2 is 2.04 bits per heavy atom. The lowest BCUT2D eigenvalue weighted by molar-refractivity contribution is 0.0573. The van der Waals surface area contributed by atoms with Gasteiger partial charge in [0, 0.05) is 45.2 Å². The second kappa shape index (κ2) is 7.92. The molecule has 1 atom stereocenters. The maximum absolute atomic E-state index is 12.1. The number of anilines is 1. The van der Waals surface area contributed by atoms with Crippen molar-refractivity contribution in [2.75, 3.05) is 32.6 Å². The fourth-order valence-electron chi connectivity index (χ4n) is 2.56. The highest BCUT2D eigenvalue weighted by Gasteiger charge is 2.22. The van der Waals surface area contributed by atoms with Crippen LogP contribution in [-0.4, -0.2) is 55.2 Å². The van der Waals surface area contributed by atoms with Gasteiger partial charge >= 0.3 is 6.03 Å². The first kappa shape index (κ1) is 17.2. The van der Waals surface area contributed by atoms with Gasteiger partial charge in [-0.05, 0) is 37.8 Å². The molecule has 0 saturated carbocycles. The van der Waals surface area contributed by atoms with E-state index in [2.05, 4.69) is 15.6 Å². The lowest BCUT2D eigenvalue weighted by Gasteiger charge is -2.28. The van der Waals surface area contributed by atoms with Crippen LogP contribution in [0.5, 0.6) is 0 Å². The van der Waals surface area contributed by atoms with Crippen molar-refractivity contribution in [1.29, 1.82) is 0 Å². The SMILES string of the molecule is CC(NC(=O)Nc1ccnc(C(=O)N(C)C)c1)C1CCOCC1. The summed E-state index contributed by atoms with van der Waals surface area (Å²) in [6.45, 7) is 3.50. The Morgan fingerprint density at radius 3 is 2.70 bits per heavy atom. The van der Waals surface area contributed by atoms with Gasteiger partial charge in [0.05, 0.1) is 0 Å². The molecule has 0 aliphatic carbocycles. The van der Waals surface area contributed by atoms with Crippen molar-refractivity contribution in [2.24, 2.45) is 5.92 Å². The molecule has 1 aromatic heterocycles. The predicted molar refractivity (Wildman–Crippen MR) is 87.4 cm³/mol. The van der Waals surface area contributed by atoms with Crippen LogP contribution in [-0.2, 0) is 4.74 Å². The molecule has 7 nitrogen and oxygen atoms in total. The van der Waals surface area contributed by atoms with E-state index in [0.29, 0.717) is 17.3 Å². The van der Waals surface area contributed by atoms with Gasteiger partial charge in [0.25, 0.3) is 5.91 Å². The minimum Gasteiger partial charge on any atom is -0.381 e. The number of hydrogen-bond acceptors (Lipinski definition) is 4. The summed E-state index contributed by atoms with van der Waals surface area (Å²) in [5.41, 5.74) is 0.840. The van der Waals surface area contributed by atoms with Crippen molar-refractivity contribution in [3.63, 3.8) is 0 Å². The molecule has 0 radical (unpaired) electrons. The van der Waals surface area contributed by atoms with Gasteiger partial charge in [-0.15, -0.1) is 0 Å². The summed E-state index contributed by atoms with van der Waals surface area (Å²) in [4.78, 5) is 29.5. The zero-order chi connectivity index (χ0) is 16.8. The molecule has 1 aliphatic heterocycles. The van der Waals surface area contributed by atoms with E-state index in [4.69, 9.17) is 4.74 Å². The second-order valence-corrected chi connectivity index (χ2v) is 5.97. The van der Waals surface area contributed by atoms with Crippen LogP contribution in [0.15, 0.2) is 18.3 Å². The number of aromatic nitrogens is 1. The molecule has 2 rings (SSSR count). The predicted octanol–water partition coefficient (Wildman–Crippen LogP) is 1.72. The number of carbonyl (C=O) groups is 2. The van der Waals surface area contributed by atoms with Crippen LogP contribution in [0.4, 0.5) is 10.5 Å². The molecule has 0 bridgehead atoms. The van der Waals surface area contributed by atoms with Crippen molar-refractivity contribution in [3.8, 4) is 0 Å². The highest BCUT2D eigenvalue weighted by atomic mass is 16.5. The molecule has 1 fully saturated rings. The minimum atomic E-state index is -0.279. The molecule has 0 spiro atoms. The van der Waals surface area contributed by atoms with Crippen LogP contribution in [0.3, 0.4) is 0 Å². The number of nitrogens with zero attached hydrogens (tertiary/aromatic N) is 2. The lowest BCUT2D eigenvalue weighted by Crippen LogP contribution is -2.42. The number of urea groups is 1. The summed E-state index contributed by atoms with van der Waals surface area (Å²) in [7, 11) is 3.32. The quantitative estimate of drug-likeness (QED) is 0.885. The van der Waals surface area contributed by atoms with E-state index in [1.165, 1.54) is 11.1 Å². The fourth-order valence-corrected chi connectivity index (χ4v) is 2.56. The van der Waals surface area contributed by atoms with E-state index < -0.39 is 0 Å². The van der Waals surface area contributed by atoms with E-state index in [0.717, 1.165) is 26.1 Å². The molecule has 1 aliphatic rings. The maximum Gasteiger partial charge on any atom is 0.319 e. The summed E-state index contributed by atoms with van der Waals surface area (Å²) < 4.78 is 5.33. The van der Waals surface area contributed by atoms with E-state index in [9.17, 15) is 9.59 Å². The molecule has 126 valence electrons. The lowest BCUT2D eigenvalue weighted by atomic mass is 9.93. The fraction of sp³-hybridized carbons (Fsp3) is 0.562. The van der Waals surface area contributed by atoms with Gasteiger partial charge in [0.2, 0.25) is 0 Å². The van der Waals surface area contributed by atoms with E-state index in [1.807, 2.05) is 6.92 Å². The van der Waals surface area contributed by atoms with Crippen molar-refractivity contribution >= 4 is 17.6 Å². The monoisotopic (exact) mass is 320 g/mol. The zero-order valence-electron chi connectivity index (χ0n) is 13.8. The van der Waals surface area contributed by atoms with Crippen molar-refractivity contribution in [2.45, 2.75) is 25.8 Å². The number of amides is 3. The van der Waals surface area contributed by atoms with Gasteiger partial charge in [-0.3, -0.25) is 9.78 Å². The first-order valence-corrected chi connectivity index (χ1v) is 7.80. The smallest absolute Gasteiger partial charge is 0.319 e. The van der Waals surface area contributed by atoms with Crippen LogP contribution in [0, 0.1) is 5.92 Å². The number of hydrogen-bond donors (Lipinski definition) is 2. The molecule has 7 heteroatoms. The van der Waals surface area contributed by atoms with Crippen LogP contribution in [0.1, 0.15) is 30.3 Å². The molecule has 1 unspecified atom stereocenters. The molecular formula is C16H24N4O3. The maximum atomic E-state index is 12.1. The number of nitrogens with one attached hydrogen (secondary N) is 2. The highest BCUT2D eigenvalue weighted by Crippen LogP contribution is 2.18. The van der Waals surface area contributed by atoms with Gasteiger partial charge in [0.15, 0.2) is 0 Å². The third kappa shape index (κ3) is 4.92. The Labute approximate surface area is 136 Å². The van der Waals surface area contributed by atoms with Crippen molar-refractivity contribution in [3.05, 3.63) is 24.0 Å². The molecule has 2 heterocycles. The van der Waals surface area contributed by atoms with Gasteiger partial charge < -0.3 is 20.3 Å². The average Bonchev–Trinajstić information content (AvgIpc) is 2.55. The van der Waals surface area contributed by atoms with E-state index >= 15 is 0 Å². The van der Waals surface area contributed by atoms with Crippen molar-refractivity contribution in [1.82, 2.24) is 15.2 Å². The van der Waals surface area contributed by atoms with E-state index in [-0.39, 0.29) is 18.0 Å². The summed E-state index contributed by atoms with van der Waals surface area (Å²) in [5.74, 6) is 0.224. The van der Waals surface area contributed by atoms with Gasteiger partial charge in [-0.2, -0.15) is 0 Å². The van der Waals surface area contributed by atoms with E-state index in [1.54, 1.807) is 26.2 Å². The summed E-state index contributed by atoms with van der Waals surface area (Å²) in [6.07, 6.45) is 3.42. The minimum absolute atomic E-state index is 0.0728. The summed E-state index contributed by atoms with van der Waals surface area (Å²) >= 11 is 0. The highest BCUT2D eigenvalue weighted by molar-refractivity contribution is 5.95. The first-order valence-electron chi connectivity index (χ1n) is 7.80. The Morgan fingerprint density at radius 1 is 1.35 bits per heavy atom. The molecule has 0 aromatic carbocycles. The molecule has 1 saturated heterocycles. The summed E-state index contributed by atoms with van der Waals surface area (Å²) in [5, 5.41) is 5.70. The van der Waals surface area contributed by atoms with Crippen LogP contribution >= 0.6 is 0 Å².